The Balaban J connectivity index is 1.48. The van der Waals surface area contributed by atoms with Crippen molar-refractivity contribution in [1.29, 1.82) is 0 Å². The molecule has 28 heavy (non-hydrogen) atoms. The number of H-pyrrole nitrogens is 1. The summed E-state index contributed by atoms with van der Waals surface area (Å²) in [4.78, 5) is 34.0. The zero-order valence-electron chi connectivity index (χ0n) is 15.1. The number of hydrogen-bond acceptors (Lipinski definition) is 4. The molecule has 1 aliphatic carbocycles. The van der Waals surface area contributed by atoms with Crippen molar-refractivity contribution in [2.24, 2.45) is 0 Å². The van der Waals surface area contributed by atoms with Gasteiger partial charge in [0.2, 0.25) is 5.91 Å². The number of aryl methyl sites for hydroxylation is 3. The Labute approximate surface area is 163 Å². The molecular formula is C20H19F2N3O2S. The lowest BCUT2D eigenvalue weighted by Gasteiger charge is -2.06. The van der Waals surface area contributed by atoms with Gasteiger partial charge in [0.15, 0.2) is 11.6 Å². The lowest BCUT2D eigenvalue weighted by atomic mass is 10.1. The largest absolute Gasteiger partial charge is 0.326 e. The number of halogens is 2. The van der Waals surface area contributed by atoms with E-state index >= 15 is 0 Å². The summed E-state index contributed by atoms with van der Waals surface area (Å²) < 4.78 is 26.2. The molecule has 8 heteroatoms. The summed E-state index contributed by atoms with van der Waals surface area (Å²) in [7, 11) is 0. The number of aromatic amines is 1. The second kappa shape index (κ2) is 7.79. The van der Waals surface area contributed by atoms with E-state index < -0.39 is 11.6 Å². The highest BCUT2D eigenvalue weighted by molar-refractivity contribution is 7.18. The predicted molar refractivity (Wildman–Crippen MR) is 105 cm³/mol. The van der Waals surface area contributed by atoms with Gasteiger partial charge in [0, 0.05) is 29.5 Å². The second-order valence-corrected chi connectivity index (χ2v) is 8.02. The van der Waals surface area contributed by atoms with Crippen LogP contribution >= 0.6 is 11.3 Å². The van der Waals surface area contributed by atoms with Crippen molar-refractivity contribution in [3.05, 3.63) is 56.5 Å². The van der Waals surface area contributed by atoms with E-state index in [1.165, 1.54) is 17.4 Å². The van der Waals surface area contributed by atoms with Gasteiger partial charge in [-0.25, -0.2) is 13.8 Å². The number of aromatic nitrogens is 2. The molecule has 0 saturated carbocycles. The van der Waals surface area contributed by atoms with Gasteiger partial charge in [0.1, 0.15) is 10.7 Å². The van der Waals surface area contributed by atoms with Crippen LogP contribution in [0.5, 0.6) is 0 Å². The molecular weight excluding hydrogens is 384 g/mol. The molecule has 5 nitrogen and oxygen atoms in total. The molecule has 3 aromatic rings. The quantitative estimate of drug-likeness (QED) is 0.644. The maximum atomic E-state index is 13.2. The van der Waals surface area contributed by atoms with Crippen molar-refractivity contribution in [2.75, 3.05) is 5.32 Å². The highest BCUT2D eigenvalue weighted by Crippen LogP contribution is 2.32. The third kappa shape index (κ3) is 3.82. The highest BCUT2D eigenvalue weighted by Gasteiger charge is 2.19. The molecule has 0 atom stereocenters. The van der Waals surface area contributed by atoms with Crippen LogP contribution in [-0.4, -0.2) is 15.9 Å². The van der Waals surface area contributed by atoms with Gasteiger partial charge in [0.25, 0.3) is 5.56 Å². The van der Waals surface area contributed by atoms with Gasteiger partial charge in [-0.3, -0.25) is 9.59 Å². The first-order chi connectivity index (χ1) is 13.5. The average Bonchev–Trinajstić information content (AvgIpc) is 2.85. The van der Waals surface area contributed by atoms with E-state index in [-0.39, 0.29) is 30.0 Å². The zero-order chi connectivity index (χ0) is 19.7. The Morgan fingerprint density at radius 1 is 1.18 bits per heavy atom. The Morgan fingerprint density at radius 2 is 2.00 bits per heavy atom. The zero-order valence-corrected chi connectivity index (χ0v) is 15.9. The normalized spacial score (nSPS) is 13.9. The standard InChI is InChI=1S/C20H19F2N3O2S/c21-13-7-6-11(10-14(13)22)23-17(26)9-8-16-24-19(27)18-12-4-2-1-3-5-15(12)28-20(18)25-16/h6-7,10H,1-5,8-9H2,(H,23,26)(H,24,25,27). The number of fused-ring (bicyclic) bond motifs is 3. The van der Waals surface area contributed by atoms with Crippen molar-refractivity contribution in [1.82, 2.24) is 9.97 Å². The molecule has 2 N–H and O–H groups in total. The number of thiophene rings is 1. The smallest absolute Gasteiger partial charge is 0.259 e. The van der Waals surface area contributed by atoms with Crippen molar-refractivity contribution in [2.45, 2.75) is 44.9 Å². The van der Waals surface area contributed by atoms with E-state index in [2.05, 4.69) is 15.3 Å². The Bertz CT molecular complexity index is 1110. The molecule has 0 spiro atoms. The van der Waals surface area contributed by atoms with Crippen LogP contribution in [-0.2, 0) is 24.1 Å². The molecule has 0 bridgehead atoms. The summed E-state index contributed by atoms with van der Waals surface area (Å²) in [5, 5.41) is 3.21. The van der Waals surface area contributed by atoms with Crippen LogP contribution in [0.4, 0.5) is 14.5 Å². The Kier molecular flexibility index (Phi) is 5.21. The number of anilines is 1. The molecule has 0 aliphatic heterocycles. The Hall–Kier alpha value is -2.61. The second-order valence-electron chi connectivity index (χ2n) is 6.93. The summed E-state index contributed by atoms with van der Waals surface area (Å²) in [5.41, 5.74) is 1.16. The van der Waals surface area contributed by atoms with E-state index in [1.807, 2.05) is 0 Å². The number of benzene rings is 1. The molecule has 2 heterocycles. The van der Waals surface area contributed by atoms with Crippen LogP contribution < -0.4 is 10.9 Å². The SMILES string of the molecule is O=C(CCc1nc2sc3c(c2c(=O)[nH]1)CCCCC3)Nc1ccc(F)c(F)c1. The summed E-state index contributed by atoms with van der Waals surface area (Å²) in [5.74, 6) is -1.90. The first-order valence-corrected chi connectivity index (χ1v) is 10.1. The number of rotatable bonds is 4. The van der Waals surface area contributed by atoms with E-state index in [4.69, 9.17) is 0 Å². The van der Waals surface area contributed by atoms with Gasteiger partial charge >= 0.3 is 0 Å². The van der Waals surface area contributed by atoms with E-state index in [1.54, 1.807) is 11.3 Å². The van der Waals surface area contributed by atoms with E-state index in [9.17, 15) is 18.4 Å². The molecule has 0 saturated heterocycles. The number of hydrogen-bond donors (Lipinski definition) is 2. The van der Waals surface area contributed by atoms with Gasteiger partial charge in [-0.05, 0) is 43.4 Å². The van der Waals surface area contributed by atoms with Gasteiger partial charge in [-0.2, -0.15) is 0 Å². The fourth-order valence-corrected chi connectivity index (χ4v) is 4.81. The number of carbonyl (C=O) groups is 1. The third-order valence-electron chi connectivity index (χ3n) is 4.92. The van der Waals surface area contributed by atoms with Gasteiger partial charge in [0.05, 0.1) is 5.39 Å². The monoisotopic (exact) mass is 403 g/mol. The number of amides is 1. The van der Waals surface area contributed by atoms with Gasteiger partial charge in [-0.15, -0.1) is 11.3 Å². The number of nitrogens with zero attached hydrogens (tertiary/aromatic N) is 1. The third-order valence-corrected chi connectivity index (χ3v) is 6.10. The maximum Gasteiger partial charge on any atom is 0.259 e. The minimum absolute atomic E-state index is 0.0680. The summed E-state index contributed by atoms with van der Waals surface area (Å²) in [6.45, 7) is 0. The van der Waals surface area contributed by atoms with E-state index in [0.717, 1.165) is 48.2 Å². The lowest BCUT2D eigenvalue weighted by molar-refractivity contribution is -0.116. The summed E-state index contributed by atoms with van der Waals surface area (Å²) in [6.07, 6.45) is 5.62. The Morgan fingerprint density at radius 3 is 2.82 bits per heavy atom. The van der Waals surface area contributed by atoms with Crippen LogP contribution in [0.2, 0.25) is 0 Å². The molecule has 0 radical (unpaired) electrons. The van der Waals surface area contributed by atoms with Crippen molar-refractivity contribution in [3.63, 3.8) is 0 Å². The van der Waals surface area contributed by atoms with Crippen LogP contribution in [0.1, 0.15) is 41.9 Å². The van der Waals surface area contributed by atoms with Crippen LogP contribution in [0.15, 0.2) is 23.0 Å². The fourth-order valence-electron chi connectivity index (χ4n) is 3.53. The first-order valence-electron chi connectivity index (χ1n) is 9.29. The molecule has 1 aliphatic rings. The average molecular weight is 403 g/mol. The van der Waals surface area contributed by atoms with Gasteiger partial charge in [-0.1, -0.05) is 6.42 Å². The molecule has 2 aromatic heterocycles. The molecule has 146 valence electrons. The molecule has 0 unspecified atom stereocenters. The number of carbonyl (C=O) groups excluding carboxylic acids is 1. The highest BCUT2D eigenvalue weighted by atomic mass is 32.1. The van der Waals surface area contributed by atoms with Crippen molar-refractivity contribution < 1.29 is 13.6 Å². The topological polar surface area (TPSA) is 74.8 Å². The first kappa shape index (κ1) is 18.7. The van der Waals surface area contributed by atoms with Gasteiger partial charge < -0.3 is 10.3 Å². The van der Waals surface area contributed by atoms with Crippen LogP contribution in [0.25, 0.3) is 10.2 Å². The molecule has 0 fully saturated rings. The summed E-state index contributed by atoms with van der Waals surface area (Å²) >= 11 is 1.57. The van der Waals surface area contributed by atoms with Crippen LogP contribution in [0, 0.1) is 11.6 Å². The fraction of sp³-hybridized carbons (Fsp3) is 0.350. The number of nitrogens with one attached hydrogen (secondary N) is 2. The molecule has 4 rings (SSSR count). The van der Waals surface area contributed by atoms with Crippen molar-refractivity contribution >= 4 is 33.1 Å². The van der Waals surface area contributed by atoms with Crippen molar-refractivity contribution in [3.8, 4) is 0 Å². The van der Waals surface area contributed by atoms with Crippen LogP contribution in [0.3, 0.4) is 0 Å². The minimum Gasteiger partial charge on any atom is -0.326 e. The predicted octanol–water partition coefficient (Wildman–Crippen LogP) is 4.10. The molecule has 1 aromatic carbocycles. The summed E-state index contributed by atoms with van der Waals surface area (Å²) in [6, 6.07) is 3.18. The molecule has 1 amide bonds. The minimum atomic E-state index is -1.02. The van der Waals surface area contributed by atoms with E-state index in [0.29, 0.717) is 11.2 Å². The maximum absolute atomic E-state index is 13.2. The lowest BCUT2D eigenvalue weighted by Crippen LogP contribution is -2.16.